The standard InChI is InChI=1S/C29H38N4O5/c1-6-18(4)26(29(37)38)33(28(36)22-12-11-20-9-7-8-10-21(20)15-22)25(19(5)14-24(31)34)27(35)32-23(16-30)13-17(2)3/h7-12,15,17-19,23,25-26H,6,13-14H2,1-5H3,(H2,31,34)(H,32,35)(H,37,38)/t18-,19?,23?,25?,26-/m0/s1. The van der Waals surface area contributed by atoms with Crippen molar-refractivity contribution in [3.63, 3.8) is 0 Å². The first-order valence-electron chi connectivity index (χ1n) is 12.9. The molecule has 38 heavy (non-hydrogen) atoms. The van der Waals surface area contributed by atoms with Crippen LogP contribution in [0, 0.1) is 29.1 Å². The van der Waals surface area contributed by atoms with Gasteiger partial charge in [0.1, 0.15) is 18.1 Å². The Kier molecular flexibility index (Phi) is 10.8. The van der Waals surface area contributed by atoms with Gasteiger partial charge in [0.15, 0.2) is 0 Å². The average Bonchev–Trinajstić information content (AvgIpc) is 2.85. The number of nitrogens with two attached hydrogens (primary N) is 1. The molecular weight excluding hydrogens is 484 g/mol. The van der Waals surface area contributed by atoms with Gasteiger partial charge in [-0.15, -0.1) is 0 Å². The summed E-state index contributed by atoms with van der Waals surface area (Å²) in [7, 11) is 0. The van der Waals surface area contributed by atoms with Crippen LogP contribution in [0.2, 0.25) is 0 Å². The van der Waals surface area contributed by atoms with Gasteiger partial charge in [0.05, 0.1) is 6.07 Å². The van der Waals surface area contributed by atoms with Crippen molar-refractivity contribution < 1.29 is 24.3 Å². The summed E-state index contributed by atoms with van der Waals surface area (Å²) in [6, 6.07) is 10.9. The lowest BCUT2D eigenvalue weighted by atomic mass is 9.89. The van der Waals surface area contributed by atoms with Crippen LogP contribution in [0.5, 0.6) is 0 Å². The summed E-state index contributed by atoms with van der Waals surface area (Å²) in [4.78, 5) is 53.4. The van der Waals surface area contributed by atoms with E-state index in [-0.39, 0.29) is 17.9 Å². The summed E-state index contributed by atoms with van der Waals surface area (Å²) < 4.78 is 0. The number of amides is 3. The van der Waals surface area contributed by atoms with Crippen molar-refractivity contribution >= 4 is 34.5 Å². The fraction of sp³-hybridized carbons (Fsp3) is 0.483. The number of benzene rings is 2. The van der Waals surface area contributed by atoms with E-state index in [2.05, 4.69) is 11.4 Å². The van der Waals surface area contributed by atoms with Crippen LogP contribution >= 0.6 is 0 Å². The minimum absolute atomic E-state index is 0.101. The van der Waals surface area contributed by atoms with E-state index in [1.165, 1.54) is 0 Å². The van der Waals surface area contributed by atoms with Crippen molar-refractivity contribution in [3.8, 4) is 6.07 Å². The van der Waals surface area contributed by atoms with Crippen LogP contribution in [0.1, 0.15) is 64.2 Å². The topological polar surface area (TPSA) is 154 Å². The second kappa shape index (κ2) is 13.6. The molecule has 0 saturated carbocycles. The number of carboxylic acid groups (broad SMARTS) is 1. The van der Waals surface area contributed by atoms with E-state index >= 15 is 0 Å². The molecule has 5 atom stereocenters. The maximum atomic E-state index is 14.1. The summed E-state index contributed by atoms with van der Waals surface area (Å²) in [6.07, 6.45) is 0.532. The van der Waals surface area contributed by atoms with Crippen LogP contribution in [0.15, 0.2) is 42.5 Å². The van der Waals surface area contributed by atoms with Crippen LogP contribution < -0.4 is 11.1 Å². The smallest absolute Gasteiger partial charge is 0.326 e. The molecule has 0 bridgehead atoms. The molecule has 2 rings (SSSR count). The van der Waals surface area contributed by atoms with E-state index in [9.17, 15) is 29.5 Å². The SMILES string of the molecule is CC[C@H](C)[C@@H](C(=O)O)N(C(=O)c1ccc2ccccc2c1)C(C(=O)NC(C#N)CC(C)C)C(C)CC(N)=O. The molecule has 2 aromatic carbocycles. The number of nitriles is 1. The number of carbonyl (C=O) groups is 4. The third-order valence-corrected chi connectivity index (χ3v) is 6.78. The first kappa shape index (κ1) is 30.3. The van der Waals surface area contributed by atoms with Gasteiger partial charge in [-0.25, -0.2) is 4.79 Å². The highest BCUT2D eigenvalue weighted by molar-refractivity contribution is 6.02. The van der Waals surface area contributed by atoms with Gasteiger partial charge in [-0.3, -0.25) is 14.4 Å². The van der Waals surface area contributed by atoms with E-state index < -0.39 is 53.7 Å². The highest BCUT2D eigenvalue weighted by atomic mass is 16.4. The van der Waals surface area contributed by atoms with Crippen LogP contribution in [0.25, 0.3) is 10.8 Å². The molecule has 0 aliphatic heterocycles. The van der Waals surface area contributed by atoms with Gasteiger partial charge in [-0.1, -0.05) is 71.4 Å². The highest BCUT2D eigenvalue weighted by Gasteiger charge is 2.44. The molecular formula is C29H38N4O5. The van der Waals surface area contributed by atoms with E-state index in [1.807, 2.05) is 38.1 Å². The molecule has 3 unspecified atom stereocenters. The Morgan fingerprint density at radius 3 is 2.16 bits per heavy atom. The lowest BCUT2D eigenvalue weighted by Crippen LogP contribution is -2.61. The largest absolute Gasteiger partial charge is 0.480 e. The number of nitrogens with zero attached hydrogens (tertiary/aromatic N) is 2. The number of hydrogen-bond acceptors (Lipinski definition) is 5. The van der Waals surface area contributed by atoms with Gasteiger partial charge in [0, 0.05) is 12.0 Å². The highest BCUT2D eigenvalue weighted by Crippen LogP contribution is 2.27. The fourth-order valence-corrected chi connectivity index (χ4v) is 4.72. The summed E-state index contributed by atoms with van der Waals surface area (Å²) in [5.41, 5.74) is 5.66. The van der Waals surface area contributed by atoms with Crippen LogP contribution in [-0.4, -0.2) is 51.8 Å². The summed E-state index contributed by atoms with van der Waals surface area (Å²) in [5.74, 6) is -4.55. The predicted molar refractivity (Wildman–Crippen MR) is 145 cm³/mol. The third kappa shape index (κ3) is 7.54. The number of nitrogens with one attached hydrogen (secondary N) is 1. The van der Waals surface area contributed by atoms with E-state index in [0.717, 1.165) is 15.7 Å². The molecule has 4 N–H and O–H groups in total. The van der Waals surface area contributed by atoms with Gasteiger partial charge >= 0.3 is 5.97 Å². The fourth-order valence-electron chi connectivity index (χ4n) is 4.72. The number of carboxylic acids is 1. The Balaban J connectivity index is 2.71. The first-order valence-corrected chi connectivity index (χ1v) is 12.9. The summed E-state index contributed by atoms with van der Waals surface area (Å²) >= 11 is 0. The zero-order valence-corrected chi connectivity index (χ0v) is 22.7. The van der Waals surface area contributed by atoms with Crippen molar-refractivity contribution in [3.05, 3.63) is 48.0 Å². The minimum Gasteiger partial charge on any atom is -0.480 e. The Bertz CT molecular complexity index is 1200. The molecule has 0 fully saturated rings. The normalized spacial score (nSPS) is 15.1. The van der Waals surface area contributed by atoms with E-state index in [1.54, 1.807) is 39.0 Å². The van der Waals surface area contributed by atoms with Crippen LogP contribution in [0.4, 0.5) is 0 Å². The second-order valence-electron chi connectivity index (χ2n) is 10.4. The monoisotopic (exact) mass is 522 g/mol. The molecule has 3 amide bonds. The molecule has 0 aliphatic rings. The molecule has 204 valence electrons. The predicted octanol–water partition coefficient (Wildman–Crippen LogP) is 3.72. The van der Waals surface area contributed by atoms with Crippen LogP contribution in [-0.2, 0) is 14.4 Å². The van der Waals surface area contributed by atoms with E-state index in [0.29, 0.717) is 12.8 Å². The van der Waals surface area contributed by atoms with E-state index in [4.69, 9.17) is 5.73 Å². The number of carbonyl (C=O) groups excluding carboxylic acids is 3. The Morgan fingerprint density at radius 2 is 1.63 bits per heavy atom. The minimum atomic E-state index is -1.37. The quantitative estimate of drug-likeness (QED) is 0.364. The number of fused-ring (bicyclic) bond motifs is 1. The van der Waals surface area contributed by atoms with Gasteiger partial charge in [0.2, 0.25) is 11.8 Å². The molecule has 9 nitrogen and oxygen atoms in total. The van der Waals surface area contributed by atoms with Crippen molar-refractivity contribution in [2.45, 2.75) is 72.0 Å². The number of primary amides is 1. The summed E-state index contributed by atoms with van der Waals surface area (Å²) in [5, 5.41) is 24.3. The van der Waals surface area contributed by atoms with Crippen LogP contribution in [0.3, 0.4) is 0 Å². The number of aliphatic carboxylic acids is 1. The number of hydrogen-bond donors (Lipinski definition) is 3. The third-order valence-electron chi connectivity index (χ3n) is 6.78. The Labute approximate surface area is 224 Å². The van der Waals surface area contributed by atoms with Gasteiger partial charge < -0.3 is 21.1 Å². The molecule has 0 radical (unpaired) electrons. The van der Waals surface area contributed by atoms with Crippen molar-refractivity contribution in [1.29, 1.82) is 5.26 Å². The maximum absolute atomic E-state index is 14.1. The average molecular weight is 523 g/mol. The van der Waals surface area contributed by atoms with Crippen molar-refractivity contribution in [1.82, 2.24) is 10.2 Å². The van der Waals surface area contributed by atoms with Gasteiger partial charge in [-0.05, 0) is 47.1 Å². The van der Waals surface area contributed by atoms with Crippen molar-refractivity contribution in [2.24, 2.45) is 23.5 Å². The zero-order chi connectivity index (χ0) is 28.6. The molecule has 0 spiro atoms. The lowest BCUT2D eigenvalue weighted by molar-refractivity contribution is -0.147. The molecule has 0 aromatic heterocycles. The van der Waals surface area contributed by atoms with Crippen molar-refractivity contribution in [2.75, 3.05) is 0 Å². The van der Waals surface area contributed by atoms with Gasteiger partial charge in [-0.2, -0.15) is 5.26 Å². The second-order valence-corrected chi connectivity index (χ2v) is 10.4. The molecule has 0 saturated heterocycles. The zero-order valence-electron chi connectivity index (χ0n) is 22.7. The Morgan fingerprint density at radius 1 is 1.00 bits per heavy atom. The number of rotatable bonds is 13. The molecule has 0 aliphatic carbocycles. The lowest BCUT2D eigenvalue weighted by Gasteiger charge is -2.40. The molecule has 2 aromatic rings. The molecule has 9 heteroatoms. The summed E-state index contributed by atoms with van der Waals surface area (Å²) in [6.45, 7) is 8.89. The maximum Gasteiger partial charge on any atom is 0.326 e. The Hall–Kier alpha value is -3.93. The van der Waals surface area contributed by atoms with Gasteiger partial charge in [0.25, 0.3) is 5.91 Å². The molecule has 0 heterocycles. The first-order chi connectivity index (χ1) is 17.9.